The largest absolute Gasteiger partial charge is 0.330 e. The van der Waals surface area contributed by atoms with Gasteiger partial charge in [0.25, 0.3) is 0 Å². The zero-order chi connectivity index (χ0) is 15.5. The van der Waals surface area contributed by atoms with Crippen LogP contribution in [-0.4, -0.2) is 20.9 Å². The Kier molecular flexibility index (Phi) is 4.97. The standard InChI is InChI=1S/C14H21N3O3S/c15-8-11-2-1-3-13(11)14(18)17-12-6-4-10(5-7-12)9-21(16,19)20/h4-7,11,13H,1-3,8-9,15H2,(H,17,18)(H2,16,19,20). The molecule has 6 nitrogen and oxygen atoms in total. The van der Waals surface area contributed by atoms with Gasteiger partial charge >= 0.3 is 0 Å². The molecule has 2 unspecified atom stereocenters. The van der Waals surface area contributed by atoms with Crippen LogP contribution in [0.1, 0.15) is 24.8 Å². The summed E-state index contributed by atoms with van der Waals surface area (Å²) < 4.78 is 22.0. The van der Waals surface area contributed by atoms with E-state index in [0.29, 0.717) is 17.8 Å². The summed E-state index contributed by atoms with van der Waals surface area (Å²) in [6, 6.07) is 6.67. The van der Waals surface area contributed by atoms with Crippen molar-refractivity contribution in [1.29, 1.82) is 0 Å². The maximum atomic E-state index is 12.2. The number of carbonyl (C=O) groups excluding carboxylic acids is 1. The number of benzene rings is 1. The van der Waals surface area contributed by atoms with Gasteiger partial charge in [-0.15, -0.1) is 0 Å². The van der Waals surface area contributed by atoms with E-state index in [0.717, 1.165) is 19.3 Å². The topological polar surface area (TPSA) is 115 Å². The van der Waals surface area contributed by atoms with Crippen LogP contribution in [0.2, 0.25) is 0 Å². The molecule has 1 saturated carbocycles. The molecule has 0 bridgehead atoms. The molecule has 1 aromatic carbocycles. The molecule has 1 aliphatic carbocycles. The van der Waals surface area contributed by atoms with E-state index in [1.54, 1.807) is 24.3 Å². The summed E-state index contributed by atoms with van der Waals surface area (Å²) in [4.78, 5) is 12.2. The zero-order valence-electron chi connectivity index (χ0n) is 11.8. The highest BCUT2D eigenvalue weighted by Gasteiger charge is 2.31. The van der Waals surface area contributed by atoms with Gasteiger partial charge in [-0.05, 0) is 43.0 Å². The molecule has 1 amide bonds. The van der Waals surface area contributed by atoms with Crippen LogP contribution in [0.3, 0.4) is 0 Å². The molecular weight excluding hydrogens is 290 g/mol. The fraction of sp³-hybridized carbons (Fsp3) is 0.500. The summed E-state index contributed by atoms with van der Waals surface area (Å²) in [5.74, 6) is 0.00642. The molecule has 0 radical (unpaired) electrons. The number of nitrogens with two attached hydrogens (primary N) is 2. The van der Waals surface area contributed by atoms with Gasteiger partial charge in [-0.2, -0.15) is 0 Å². The Morgan fingerprint density at radius 1 is 1.24 bits per heavy atom. The molecule has 2 rings (SSSR count). The van der Waals surface area contributed by atoms with Crippen molar-refractivity contribution in [3.05, 3.63) is 29.8 Å². The molecular formula is C14H21N3O3S. The Labute approximate surface area is 124 Å². The minimum Gasteiger partial charge on any atom is -0.330 e. The van der Waals surface area contributed by atoms with Crippen molar-refractivity contribution < 1.29 is 13.2 Å². The fourth-order valence-electron chi connectivity index (χ4n) is 2.82. The number of primary sulfonamides is 1. The third kappa shape index (κ3) is 4.52. The van der Waals surface area contributed by atoms with Gasteiger partial charge in [0, 0.05) is 11.6 Å². The van der Waals surface area contributed by atoms with E-state index in [1.807, 2.05) is 0 Å². The van der Waals surface area contributed by atoms with Gasteiger partial charge in [-0.1, -0.05) is 18.6 Å². The van der Waals surface area contributed by atoms with Crippen molar-refractivity contribution in [2.75, 3.05) is 11.9 Å². The third-order valence-electron chi connectivity index (χ3n) is 3.89. The molecule has 0 aromatic heterocycles. The molecule has 1 aliphatic rings. The number of nitrogens with one attached hydrogen (secondary N) is 1. The lowest BCUT2D eigenvalue weighted by molar-refractivity contribution is -0.120. The van der Waals surface area contributed by atoms with Gasteiger partial charge in [-0.25, -0.2) is 13.6 Å². The minimum absolute atomic E-state index is 0.0119. The second kappa shape index (κ2) is 6.55. The van der Waals surface area contributed by atoms with E-state index in [1.165, 1.54) is 0 Å². The summed E-state index contributed by atoms with van der Waals surface area (Å²) >= 11 is 0. The van der Waals surface area contributed by atoms with Gasteiger partial charge in [-0.3, -0.25) is 4.79 Å². The maximum Gasteiger partial charge on any atom is 0.227 e. The number of anilines is 1. The molecule has 1 aromatic rings. The molecule has 21 heavy (non-hydrogen) atoms. The predicted molar refractivity (Wildman–Crippen MR) is 81.8 cm³/mol. The summed E-state index contributed by atoms with van der Waals surface area (Å²) in [6.45, 7) is 0.533. The van der Waals surface area contributed by atoms with E-state index < -0.39 is 10.0 Å². The Balaban J connectivity index is 1.98. The third-order valence-corrected chi connectivity index (χ3v) is 4.62. The SMILES string of the molecule is NCC1CCCC1C(=O)Nc1ccc(CS(N)(=O)=O)cc1. The van der Waals surface area contributed by atoms with Crippen LogP contribution in [-0.2, 0) is 20.6 Å². The van der Waals surface area contributed by atoms with Crippen LogP contribution in [0.15, 0.2) is 24.3 Å². The molecule has 0 spiro atoms. The zero-order valence-corrected chi connectivity index (χ0v) is 12.6. The fourth-order valence-corrected chi connectivity index (χ4v) is 3.47. The first-order valence-corrected chi connectivity index (χ1v) is 8.71. The van der Waals surface area contributed by atoms with E-state index in [9.17, 15) is 13.2 Å². The lowest BCUT2D eigenvalue weighted by Gasteiger charge is -2.17. The van der Waals surface area contributed by atoms with Crippen molar-refractivity contribution >= 4 is 21.6 Å². The van der Waals surface area contributed by atoms with Crippen molar-refractivity contribution in [2.24, 2.45) is 22.7 Å². The summed E-state index contributed by atoms with van der Waals surface area (Å²) in [6.07, 6.45) is 2.91. The second-order valence-corrected chi connectivity index (χ2v) is 7.14. The Morgan fingerprint density at radius 2 is 1.90 bits per heavy atom. The number of hydrogen-bond acceptors (Lipinski definition) is 4. The van der Waals surface area contributed by atoms with E-state index in [4.69, 9.17) is 10.9 Å². The first-order chi connectivity index (χ1) is 9.89. The minimum atomic E-state index is -3.54. The maximum absolute atomic E-state index is 12.2. The summed E-state index contributed by atoms with van der Waals surface area (Å²) in [7, 11) is -3.54. The Bertz CT molecular complexity index is 598. The van der Waals surface area contributed by atoms with Crippen LogP contribution < -0.4 is 16.2 Å². The number of hydrogen-bond donors (Lipinski definition) is 3. The first kappa shape index (κ1) is 15.9. The van der Waals surface area contributed by atoms with Crippen molar-refractivity contribution in [2.45, 2.75) is 25.0 Å². The highest BCUT2D eigenvalue weighted by atomic mass is 32.2. The molecule has 7 heteroatoms. The number of sulfonamides is 1. The molecule has 0 saturated heterocycles. The number of carbonyl (C=O) groups is 1. The van der Waals surface area contributed by atoms with Gasteiger partial charge in [0.05, 0.1) is 5.75 Å². The van der Waals surface area contributed by atoms with Crippen molar-refractivity contribution in [3.63, 3.8) is 0 Å². The van der Waals surface area contributed by atoms with E-state index >= 15 is 0 Å². The van der Waals surface area contributed by atoms with Gasteiger partial charge < -0.3 is 11.1 Å². The average Bonchev–Trinajstić information content (AvgIpc) is 2.87. The molecule has 0 aliphatic heterocycles. The highest BCUT2D eigenvalue weighted by Crippen LogP contribution is 2.31. The smallest absolute Gasteiger partial charge is 0.227 e. The lowest BCUT2D eigenvalue weighted by Crippen LogP contribution is -2.29. The van der Waals surface area contributed by atoms with Gasteiger partial charge in [0.1, 0.15) is 0 Å². The number of amides is 1. The van der Waals surface area contributed by atoms with Crippen LogP contribution in [0.5, 0.6) is 0 Å². The Hall–Kier alpha value is -1.44. The van der Waals surface area contributed by atoms with Crippen molar-refractivity contribution in [3.8, 4) is 0 Å². The Morgan fingerprint density at radius 3 is 2.48 bits per heavy atom. The van der Waals surface area contributed by atoms with Crippen LogP contribution >= 0.6 is 0 Å². The lowest BCUT2D eigenvalue weighted by atomic mass is 9.95. The molecule has 1 fully saturated rings. The molecule has 5 N–H and O–H groups in total. The van der Waals surface area contributed by atoms with Gasteiger partial charge in [0.15, 0.2) is 0 Å². The molecule has 2 atom stereocenters. The highest BCUT2D eigenvalue weighted by molar-refractivity contribution is 7.88. The quantitative estimate of drug-likeness (QED) is 0.745. The van der Waals surface area contributed by atoms with Gasteiger partial charge in [0.2, 0.25) is 15.9 Å². The van der Waals surface area contributed by atoms with Crippen LogP contribution in [0.4, 0.5) is 5.69 Å². The number of rotatable bonds is 5. The molecule has 116 valence electrons. The summed E-state index contributed by atoms with van der Waals surface area (Å²) in [5.41, 5.74) is 6.93. The van der Waals surface area contributed by atoms with Crippen LogP contribution in [0, 0.1) is 11.8 Å². The average molecular weight is 311 g/mol. The van der Waals surface area contributed by atoms with E-state index in [-0.39, 0.29) is 23.5 Å². The van der Waals surface area contributed by atoms with E-state index in [2.05, 4.69) is 5.32 Å². The summed E-state index contributed by atoms with van der Waals surface area (Å²) in [5, 5.41) is 7.85. The first-order valence-electron chi connectivity index (χ1n) is 6.99. The predicted octanol–water partition coefficient (Wildman–Crippen LogP) is 0.789. The van der Waals surface area contributed by atoms with Crippen molar-refractivity contribution in [1.82, 2.24) is 0 Å². The monoisotopic (exact) mass is 311 g/mol. The van der Waals surface area contributed by atoms with Crippen LogP contribution in [0.25, 0.3) is 0 Å². The second-order valence-electron chi connectivity index (χ2n) is 5.53. The molecule has 0 heterocycles. The normalized spacial score (nSPS) is 22.2.